The summed E-state index contributed by atoms with van der Waals surface area (Å²) in [5, 5.41) is 11.2. The average molecular weight is 677 g/mol. The van der Waals surface area contributed by atoms with E-state index in [4.69, 9.17) is 46.1 Å². The summed E-state index contributed by atoms with van der Waals surface area (Å²) >= 11 is 9.29. The summed E-state index contributed by atoms with van der Waals surface area (Å²) in [6.45, 7) is -9.22. The molecule has 1 saturated heterocycles. The number of carbonyl (C=O) groups excluding carboxylic acids is 1. The Labute approximate surface area is 250 Å². The number of amides is 1. The molecule has 230 valence electrons. The second-order valence-corrected chi connectivity index (χ2v) is 15.1. The molecule has 2 bridgehead atoms. The number of aromatic amines is 2. The molecule has 8 N–H and O–H groups in total. The van der Waals surface area contributed by atoms with Gasteiger partial charge in [-0.25, -0.2) is 19.1 Å². The molecule has 43 heavy (non-hydrogen) atoms. The van der Waals surface area contributed by atoms with Crippen LogP contribution in [-0.2, 0) is 52.4 Å². The van der Waals surface area contributed by atoms with E-state index in [1.54, 1.807) is 0 Å². The van der Waals surface area contributed by atoms with Crippen molar-refractivity contribution in [2.24, 2.45) is 5.73 Å². The Kier molecular flexibility index (Phi) is 7.93. The van der Waals surface area contributed by atoms with Gasteiger partial charge in [0, 0.05) is 12.7 Å². The van der Waals surface area contributed by atoms with Crippen molar-refractivity contribution >= 4 is 71.8 Å². The molecule has 0 saturated carbocycles. The van der Waals surface area contributed by atoms with Gasteiger partial charge in [-0.2, -0.15) is 0 Å². The first kappa shape index (κ1) is 30.2. The number of thiol groups is 1. The number of fused-ring (bicyclic) bond motifs is 6. The molecular weight excluding hydrogens is 652 g/mol. The Balaban J connectivity index is 1.38. The van der Waals surface area contributed by atoms with Crippen LogP contribution in [0.2, 0.25) is 0 Å². The number of anilines is 1. The minimum atomic E-state index is -4.16. The minimum Gasteiger partial charge on any atom is -0.387 e. The Morgan fingerprint density at radius 3 is 2.86 bits per heavy atom. The van der Waals surface area contributed by atoms with Gasteiger partial charge in [0.2, 0.25) is 17.7 Å². The molecule has 4 aromatic heterocycles. The second kappa shape index (κ2) is 11.3. The first-order valence-electron chi connectivity index (χ1n) is 12.4. The van der Waals surface area contributed by atoms with Gasteiger partial charge in [0.15, 0.2) is 18.1 Å². The molecule has 0 aromatic carbocycles. The van der Waals surface area contributed by atoms with Crippen molar-refractivity contribution in [1.82, 2.24) is 29.5 Å². The van der Waals surface area contributed by atoms with Crippen molar-refractivity contribution in [1.29, 1.82) is 0 Å². The summed E-state index contributed by atoms with van der Waals surface area (Å²) in [7, 11) is 0. The molecule has 23 heteroatoms. The molecule has 19 nitrogen and oxygen atoms in total. The number of pyridine rings is 1. The van der Waals surface area contributed by atoms with Crippen LogP contribution in [0.4, 0.5) is 5.95 Å². The number of nitrogen functional groups attached to an aromatic ring is 1. The largest absolute Gasteiger partial charge is 0.387 e. The van der Waals surface area contributed by atoms with Crippen LogP contribution in [-0.4, -0.2) is 76.9 Å². The fourth-order valence-electron chi connectivity index (χ4n) is 4.69. The molecule has 1 amide bonds. The van der Waals surface area contributed by atoms with Crippen molar-refractivity contribution in [3.05, 3.63) is 40.3 Å². The number of aromatic nitrogens is 7. The molecule has 6 rings (SSSR count). The van der Waals surface area contributed by atoms with Gasteiger partial charge < -0.3 is 35.3 Å². The number of primary amides is 1. The molecule has 6 heterocycles. The van der Waals surface area contributed by atoms with Crippen LogP contribution in [0.1, 0.15) is 22.4 Å². The molecule has 4 aromatic rings. The number of nitrogens with zero attached hydrogens (tertiary/aromatic N) is 5. The van der Waals surface area contributed by atoms with Crippen molar-refractivity contribution in [3.63, 3.8) is 0 Å². The van der Waals surface area contributed by atoms with E-state index in [-0.39, 0.29) is 47.2 Å². The van der Waals surface area contributed by atoms with E-state index in [2.05, 4.69) is 37.2 Å². The first-order chi connectivity index (χ1) is 20.3. The smallest absolute Gasteiger partial charge is 0.386 e. The highest BCUT2D eigenvalue weighted by atomic mass is 32.7. The molecule has 6 unspecified atom stereocenters. The Morgan fingerprint density at radius 2 is 2.09 bits per heavy atom. The topological polar surface area (TPSA) is 269 Å². The second-order valence-electron chi connectivity index (χ2n) is 9.41. The minimum absolute atomic E-state index is 0.0287. The number of hydrogen-bond acceptors (Lipinski definition) is 14. The number of ether oxygens (including phenoxy) is 1. The van der Waals surface area contributed by atoms with E-state index < -0.39 is 62.7 Å². The normalized spacial score (nSPS) is 30.6. The standard InChI is InChI=1S/C20H23N9O10P2S2/c21-15(31)8-3-9-16(23-4-8)28-1-2-35-40(33,42)36-5-10-13(30)14(39-41(34,43)37-6-11(28)25-9)19(38-10)29-7-24-12-17(29)26-20(22)27-18(12)32/h3-4,7,10,13-14,19,30H,1-2,5-6H2,(H7,21,22,26,27,31,32,33,34,42,43)/p+1. The molecule has 2 aliphatic rings. The zero-order chi connectivity index (χ0) is 30.7. The van der Waals surface area contributed by atoms with Gasteiger partial charge in [-0.05, 0) is 17.9 Å². The summed E-state index contributed by atoms with van der Waals surface area (Å²) in [6, 6.07) is 1.42. The fraction of sp³-hybridized carbons (Fsp3) is 0.400. The van der Waals surface area contributed by atoms with E-state index in [0.717, 1.165) is 0 Å². The number of aliphatic hydroxyl groups is 1. The highest BCUT2D eigenvalue weighted by molar-refractivity contribution is 8.44. The van der Waals surface area contributed by atoms with E-state index in [0.29, 0.717) is 5.65 Å². The van der Waals surface area contributed by atoms with Gasteiger partial charge in [-0.3, -0.25) is 33.1 Å². The van der Waals surface area contributed by atoms with Crippen LogP contribution in [0.15, 0.2) is 23.4 Å². The van der Waals surface area contributed by atoms with Crippen molar-refractivity contribution in [2.75, 3.05) is 18.9 Å². The maximum atomic E-state index is 13.0. The predicted octanol–water partition coefficient (Wildman–Crippen LogP) is -0.874. The van der Waals surface area contributed by atoms with Crippen LogP contribution >= 0.6 is 25.8 Å². The van der Waals surface area contributed by atoms with Crippen molar-refractivity contribution in [2.45, 2.75) is 37.7 Å². The lowest BCUT2D eigenvalue weighted by atomic mass is 10.1. The van der Waals surface area contributed by atoms with E-state index in [1.165, 1.54) is 27.7 Å². The number of carbonyl (C=O) groups is 1. The number of hydrogen-bond donors (Lipinski definition) is 7. The molecule has 2 aliphatic heterocycles. The Morgan fingerprint density at radius 1 is 1.30 bits per heavy atom. The molecular formula is C20H24N9O10P2S2+. The van der Waals surface area contributed by atoms with E-state index in [9.17, 15) is 24.2 Å². The van der Waals surface area contributed by atoms with Crippen LogP contribution in [0.5, 0.6) is 0 Å². The Bertz CT molecular complexity index is 1900. The van der Waals surface area contributed by atoms with Crippen LogP contribution in [0.25, 0.3) is 22.3 Å². The molecule has 0 spiro atoms. The summed E-state index contributed by atoms with van der Waals surface area (Å²) in [5.74, 6) is -0.722. The van der Waals surface area contributed by atoms with Crippen LogP contribution in [0, 0.1) is 0 Å². The predicted molar refractivity (Wildman–Crippen MR) is 152 cm³/mol. The highest BCUT2D eigenvalue weighted by Gasteiger charge is 2.51. The molecule has 1 fully saturated rings. The zero-order valence-electron chi connectivity index (χ0n) is 21.7. The number of nitrogens with one attached hydrogen (secondary N) is 2. The molecule has 0 radical (unpaired) electrons. The monoisotopic (exact) mass is 676 g/mol. The van der Waals surface area contributed by atoms with E-state index in [1.807, 2.05) is 0 Å². The van der Waals surface area contributed by atoms with Crippen molar-refractivity contribution < 1.29 is 46.8 Å². The van der Waals surface area contributed by atoms with E-state index >= 15 is 0 Å². The number of rotatable bonds is 2. The number of nitrogens with two attached hydrogens (primary N) is 2. The van der Waals surface area contributed by atoms with Gasteiger partial charge >= 0.3 is 19.2 Å². The quantitative estimate of drug-likeness (QED) is 0.0772. The third-order valence-electron chi connectivity index (χ3n) is 6.63. The fourth-order valence-corrected chi connectivity index (χ4v) is 7.19. The third-order valence-corrected chi connectivity index (χ3v) is 9.85. The number of H-pyrrole nitrogens is 2. The summed E-state index contributed by atoms with van der Waals surface area (Å²) < 4.78 is 44.0. The van der Waals surface area contributed by atoms with Gasteiger partial charge in [0.05, 0.1) is 18.8 Å². The summed E-state index contributed by atoms with van der Waals surface area (Å²) in [5.41, 5.74) is 11.3. The van der Waals surface area contributed by atoms with Gasteiger partial charge in [0.25, 0.3) is 11.5 Å². The van der Waals surface area contributed by atoms with Gasteiger partial charge in [-0.15, -0.1) is 0 Å². The first-order valence-corrected chi connectivity index (χ1v) is 17.6. The van der Waals surface area contributed by atoms with Gasteiger partial charge in [-0.1, -0.05) is 17.2 Å². The average Bonchev–Trinajstić information content (AvgIpc) is 3.59. The summed E-state index contributed by atoms with van der Waals surface area (Å²) in [4.78, 5) is 53.0. The lowest BCUT2D eigenvalue weighted by Crippen LogP contribution is -2.47. The SMILES string of the molecule is NC(=O)c1cnc2c(c1)nc1n2CCOP(=O)(S)OCC2OC([n+]3c[nH]c4c(=O)[nH]c(N)nc43)C(OP(O)(=S)OC1)C2O. The Hall–Kier alpha value is -2.81. The number of imidazole rings is 2. The number of aliphatic hydroxyl groups excluding tert-OH is 1. The molecule has 0 aliphatic carbocycles. The highest BCUT2D eigenvalue weighted by Crippen LogP contribution is 2.54. The van der Waals surface area contributed by atoms with Gasteiger partial charge in [0.1, 0.15) is 30.2 Å². The van der Waals surface area contributed by atoms with Crippen molar-refractivity contribution in [3.8, 4) is 0 Å². The summed E-state index contributed by atoms with van der Waals surface area (Å²) in [6.07, 6.45) is -2.82. The van der Waals surface area contributed by atoms with Crippen LogP contribution < -0.4 is 21.6 Å². The molecule has 6 atom stereocenters. The lowest BCUT2D eigenvalue weighted by Gasteiger charge is -2.24. The third kappa shape index (κ3) is 5.98. The maximum absolute atomic E-state index is 13.0. The zero-order valence-corrected chi connectivity index (χ0v) is 25.2. The maximum Gasteiger partial charge on any atom is 0.386 e. The lowest BCUT2D eigenvalue weighted by molar-refractivity contribution is -0.744. The van der Waals surface area contributed by atoms with Crippen LogP contribution in [0.3, 0.4) is 0 Å².